The summed E-state index contributed by atoms with van der Waals surface area (Å²) in [4.78, 5) is 12.7. The van der Waals surface area contributed by atoms with Crippen LogP contribution in [-0.4, -0.2) is 42.5 Å². The number of hydrogen-bond donors (Lipinski definition) is 1. The molecule has 1 aromatic heterocycles. The maximum atomic E-state index is 12.7. The first-order valence-electron chi connectivity index (χ1n) is 7.93. The monoisotopic (exact) mass is 496 g/mol. The lowest BCUT2D eigenvalue weighted by Gasteiger charge is -2.13. The van der Waals surface area contributed by atoms with Crippen LogP contribution in [0.2, 0.25) is 0 Å². The number of benzene rings is 2. The van der Waals surface area contributed by atoms with Crippen molar-refractivity contribution in [3.8, 4) is 5.69 Å². The Hall–Kier alpha value is -2.24. The molecule has 1 heterocycles. The van der Waals surface area contributed by atoms with Crippen LogP contribution in [0.5, 0.6) is 0 Å². The van der Waals surface area contributed by atoms with Gasteiger partial charge in [-0.2, -0.15) is 5.10 Å². The highest BCUT2D eigenvalue weighted by Gasteiger charge is 2.21. The number of rotatable bonds is 5. The van der Waals surface area contributed by atoms with Crippen LogP contribution < -0.4 is 5.32 Å². The third-order valence-electron chi connectivity index (χ3n) is 3.81. The maximum Gasteiger partial charge on any atom is 0.257 e. The van der Waals surface area contributed by atoms with Gasteiger partial charge in [-0.3, -0.25) is 4.79 Å². The fourth-order valence-electron chi connectivity index (χ4n) is 2.35. The minimum absolute atomic E-state index is 0.0629. The van der Waals surface area contributed by atoms with E-state index in [1.807, 2.05) is 52.9 Å². The molecule has 7 nitrogen and oxygen atoms in total. The molecule has 0 radical (unpaired) electrons. The van der Waals surface area contributed by atoms with E-state index in [4.69, 9.17) is 0 Å². The average Bonchev–Trinajstić information content (AvgIpc) is 3.11. The van der Waals surface area contributed by atoms with Crippen LogP contribution in [0.15, 0.2) is 65.7 Å². The summed E-state index contributed by atoms with van der Waals surface area (Å²) in [7, 11) is -0.729. The fourth-order valence-corrected chi connectivity index (χ4v) is 3.86. The van der Waals surface area contributed by atoms with E-state index >= 15 is 0 Å². The Bertz CT molecular complexity index is 1080. The van der Waals surface area contributed by atoms with Gasteiger partial charge in [0.2, 0.25) is 10.0 Å². The minimum atomic E-state index is -3.62. The van der Waals surface area contributed by atoms with Gasteiger partial charge in [-0.1, -0.05) is 18.2 Å². The number of carbonyl (C=O) groups excluding carboxylic acids is 1. The zero-order valence-corrected chi connectivity index (χ0v) is 17.6. The Morgan fingerprint density at radius 1 is 1.11 bits per heavy atom. The van der Waals surface area contributed by atoms with Crippen LogP contribution in [0.25, 0.3) is 5.69 Å². The van der Waals surface area contributed by atoms with Crippen LogP contribution in [0.3, 0.4) is 0 Å². The Kier molecular flexibility index (Phi) is 5.63. The van der Waals surface area contributed by atoms with Gasteiger partial charge in [0.05, 0.1) is 16.1 Å². The van der Waals surface area contributed by atoms with Gasteiger partial charge in [-0.25, -0.2) is 17.4 Å². The van der Waals surface area contributed by atoms with E-state index in [0.29, 0.717) is 9.39 Å². The Morgan fingerprint density at radius 3 is 2.48 bits per heavy atom. The molecule has 9 heteroatoms. The zero-order valence-electron chi connectivity index (χ0n) is 14.6. The van der Waals surface area contributed by atoms with Crippen molar-refractivity contribution in [3.05, 3.63) is 69.9 Å². The van der Waals surface area contributed by atoms with Gasteiger partial charge in [0, 0.05) is 29.9 Å². The number of halogens is 1. The quantitative estimate of drug-likeness (QED) is 0.551. The predicted molar refractivity (Wildman–Crippen MR) is 112 cm³/mol. The van der Waals surface area contributed by atoms with Crippen molar-refractivity contribution in [2.24, 2.45) is 0 Å². The first-order valence-corrected chi connectivity index (χ1v) is 10.5. The van der Waals surface area contributed by atoms with Crippen molar-refractivity contribution in [2.75, 3.05) is 19.4 Å². The smallest absolute Gasteiger partial charge is 0.257 e. The summed E-state index contributed by atoms with van der Waals surface area (Å²) in [5.74, 6) is -0.0472. The summed E-state index contributed by atoms with van der Waals surface area (Å²) in [5.41, 5.74) is 1.14. The highest BCUT2D eigenvalue weighted by molar-refractivity contribution is 14.1. The summed E-state index contributed by atoms with van der Waals surface area (Å²) in [6.07, 6.45) is 1.74. The van der Waals surface area contributed by atoms with Crippen LogP contribution >= 0.6 is 22.6 Å². The molecule has 0 spiro atoms. The summed E-state index contributed by atoms with van der Waals surface area (Å²) in [6.45, 7) is 0. The average molecular weight is 496 g/mol. The number of hydrogen-bond acceptors (Lipinski definition) is 4. The SMILES string of the molecule is CN(C)S(=O)(=O)c1ccc(I)c(C(=O)Nc2ccn(-c3ccccc3)n2)c1. The second-order valence-corrected chi connectivity index (χ2v) is 9.18. The number of aromatic nitrogens is 2. The van der Waals surface area contributed by atoms with E-state index in [1.54, 1.807) is 23.0 Å². The molecule has 140 valence electrons. The van der Waals surface area contributed by atoms with Crippen LogP contribution in [0, 0.1) is 3.57 Å². The number of nitrogens with zero attached hydrogens (tertiary/aromatic N) is 3. The number of anilines is 1. The Balaban J connectivity index is 1.86. The van der Waals surface area contributed by atoms with E-state index in [1.165, 1.54) is 26.2 Å². The van der Waals surface area contributed by atoms with Gasteiger partial charge in [0.15, 0.2) is 5.82 Å². The second kappa shape index (κ2) is 7.79. The van der Waals surface area contributed by atoms with Gasteiger partial charge in [-0.05, 0) is 52.9 Å². The first-order chi connectivity index (χ1) is 12.8. The van der Waals surface area contributed by atoms with Gasteiger partial charge in [0.25, 0.3) is 5.91 Å². The van der Waals surface area contributed by atoms with Crippen LogP contribution in [0.1, 0.15) is 10.4 Å². The third kappa shape index (κ3) is 4.20. The molecular weight excluding hydrogens is 479 g/mol. The minimum Gasteiger partial charge on any atom is -0.305 e. The van der Waals surface area contributed by atoms with E-state index in [2.05, 4.69) is 10.4 Å². The number of para-hydroxylation sites is 1. The van der Waals surface area contributed by atoms with E-state index in [9.17, 15) is 13.2 Å². The summed E-state index contributed by atoms with van der Waals surface area (Å²) < 4.78 is 28.0. The van der Waals surface area contributed by atoms with Crippen molar-refractivity contribution in [3.63, 3.8) is 0 Å². The lowest BCUT2D eigenvalue weighted by Crippen LogP contribution is -2.23. The third-order valence-corrected chi connectivity index (χ3v) is 6.56. The van der Waals surface area contributed by atoms with Crippen molar-refractivity contribution in [1.82, 2.24) is 14.1 Å². The van der Waals surface area contributed by atoms with Crippen molar-refractivity contribution in [1.29, 1.82) is 0 Å². The molecule has 0 unspecified atom stereocenters. The molecule has 3 rings (SSSR count). The first kappa shape index (κ1) is 19.5. The molecule has 0 aliphatic carbocycles. The van der Waals surface area contributed by atoms with E-state index in [0.717, 1.165) is 9.99 Å². The summed E-state index contributed by atoms with van der Waals surface area (Å²) in [5, 5.41) is 7.04. The number of sulfonamides is 1. The predicted octanol–water partition coefficient (Wildman–Crippen LogP) is 2.98. The maximum absolute atomic E-state index is 12.7. The molecule has 0 aliphatic heterocycles. The zero-order chi connectivity index (χ0) is 19.6. The topological polar surface area (TPSA) is 84.3 Å². The van der Waals surface area contributed by atoms with Gasteiger partial charge >= 0.3 is 0 Å². The molecule has 0 bridgehead atoms. The number of amides is 1. The number of carbonyl (C=O) groups is 1. The van der Waals surface area contributed by atoms with Gasteiger partial charge < -0.3 is 5.32 Å². The highest BCUT2D eigenvalue weighted by atomic mass is 127. The molecule has 3 aromatic rings. The standard InChI is InChI=1S/C18H17IN4O3S/c1-22(2)27(25,26)14-8-9-16(19)15(12-14)18(24)20-17-10-11-23(21-17)13-6-4-3-5-7-13/h3-12H,1-2H3,(H,20,21,24). The van der Waals surface area contributed by atoms with Gasteiger partial charge in [-0.15, -0.1) is 0 Å². The molecule has 0 aliphatic rings. The van der Waals surface area contributed by atoms with Crippen LogP contribution in [0.4, 0.5) is 5.82 Å². The highest BCUT2D eigenvalue weighted by Crippen LogP contribution is 2.21. The Morgan fingerprint density at radius 2 is 1.81 bits per heavy atom. The lowest BCUT2D eigenvalue weighted by atomic mass is 10.2. The second-order valence-electron chi connectivity index (χ2n) is 5.86. The molecule has 0 atom stereocenters. The molecule has 2 aromatic carbocycles. The molecule has 27 heavy (non-hydrogen) atoms. The molecule has 0 saturated heterocycles. The van der Waals surface area contributed by atoms with Crippen molar-refractivity contribution in [2.45, 2.75) is 4.90 Å². The van der Waals surface area contributed by atoms with Crippen molar-refractivity contribution < 1.29 is 13.2 Å². The normalized spacial score (nSPS) is 11.6. The van der Waals surface area contributed by atoms with E-state index in [-0.39, 0.29) is 10.5 Å². The van der Waals surface area contributed by atoms with Crippen molar-refractivity contribution >= 4 is 44.3 Å². The molecular formula is C18H17IN4O3S. The molecule has 1 N–H and O–H groups in total. The summed E-state index contributed by atoms with van der Waals surface area (Å²) >= 11 is 2.00. The molecule has 1 amide bonds. The summed E-state index contributed by atoms with van der Waals surface area (Å²) in [6, 6.07) is 15.6. The lowest BCUT2D eigenvalue weighted by molar-refractivity contribution is 0.102. The largest absolute Gasteiger partial charge is 0.305 e. The molecule has 0 saturated carbocycles. The molecule has 0 fully saturated rings. The fraction of sp³-hybridized carbons (Fsp3) is 0.111. The van der Waals surface area contributed by atoms with E-state index < -0.39 is 15.9 Å². The Labute approximate surface area is 171 Å². The number of nitrogens with one attached hydrogen (secondary N) is 1. The van der Waals surface area contributed by atoms with Gasteiger partial charge in [0.1, 0.15) is 0 Å². The van der Waals surface area contributed by atoms with Crippen LogP contribution in [-0.2, 0) is 10.0 Å².